The summed E-state index contributed by atoms with van der Waals surface area (Å²) in [5.74, 6) is 0.915. The molecule has 0 bridgehead atoms. The summed E-state index contributed by atoms with van der Waals surface area (Å²) in [6.45, 7) is 0. The average molecular weight is 512 g/mol. The van der Waals surface area contributed by atoms with Crippen molar-refractivity contribution in [2.75, 3.05) is 14.4 Å². The van der Waals surface area contributed by atoms with Crippen LogP contribution in [0.1, 0.15) is 0 Å². The summed E-state index contributed by atoms with van der Waals surface area (Å²) < 4.78 is 0. The van der Waals surface area contributed by atoms with Crippen LogP contribution in [0, 0.1) is 0 Å². The average Bonchev–Trinajstić information content (AvgIpc) is 3.54. The summed E-state index contributed by atoms with van der Waals surface area (Å²) in [5.41, 5.74) is 10.6. The molecule has 40 heavy (non-hydrogen) atoms. The number of aromatic nitrogens is 1. The van der Waals surface area contributed by atoms with Crippen molar-refractivity contribution in [2.45, 2.75) is 0 Å². The maximum absolute atomic E-state index is 4.84. The number of pyridine rings is 1. The van der Waals surface area contributed by atoms with Crippen molar-refractivity contribution in [2.24, 2.45) is 0 Å². The van der Waals surface area contributed by atoms with Crippen molar-refractivity contribution in [1.29, 1.82) is 0 Å². The summed E-state index contributed by atoms with van der Waals surface area (Å²) in [6, 6.07) is 51.6. The largest absolute Gasteiger partial charge is 0.520 e. The molecule has 0 spiro atoms. The number of nitrogens with zero attached hydrogens (tertiary/aromatic N) is 4. The molecule has 0 unspecified atom stereocenters. The lowest BCUT2D eigenvalue weighted by Gasteiger charge is -2.33. The van der Waals surface area contributed by atoms with Crippen molar-refractivity contribution in [3.8, 4) is 22.3 Å². The highest BCUT2D eigenvalue weighted by Gasteiger charge is 2.54. The van der Waals surface area contributed by atoms with Gasteiger partial charge in [0.2, 0.25) is 0 Å². The van der Waals surface area contributed by atoms with Crippen LogP contribution in [0.25, 0.3) is 22.3 Å². The molecule has 0 amide bonds. The Morgan fingerprint density at radius 2 is 0.875 bits per heavy atom. The summed E-state index contributed by atoms with van der Waals surface area (Å²) >= 11 is 0. The number of rotatable bonds is 4. The smallest absolute Gasteiger partial charge is 0.342 e. The Bertz CT molecular complexity index is 1750. The quantitative estimate of drug-likeness (QED) is 0.220. The van der Waals surface area contributed by atoms with E-state index in [-0.39, 0.29) is 7.12 Å². The molecule has 2 aliphatic heterocycles. The van der Waals surface area contributed by atoms with Crippen LogP contribution in [0.5, 0.6) is 0 Å². The first kappa shape index (κ1) is 22.7. The first-order chi connectivity index (χ1) is 19.9. The number of hydrogen-bond donors (Lipinski definition) is 0. The van der Waals surface area contributed by atoms with E-state index >= 15 is 0 Å². The minimum absolute atomic E-state index is 0.169. The van der Waals surface area contributed by atoms with Gasteiger partial charge in [-0.25, -0.2) is 4.98 Å². The second-order valence-electron chi connectivity index (χ2n) is 10.1. The highest BCUT2D eigenvalue weighted by atomic mass is 15.5. The van der Waals surface area contributed by atoms with Crippen molar-refractivity contribution < 1.29 is 0 Å². The van der Waals surface area contributed by atoms with Gasteiger partial charge >= 0.3 is 7.12 Å². The Hall–Kier alpha value is -5.29. The normalized spacial score (nSPS) is 13.3. The predicted octanol–water partition coefficient (Wildman–Crippen LogP) is 8.84. The van der Waals surface area contributed by atoms with Crippen LogP contribution in [0.3, 0.4) is 0 Å². The first-order valence-electron chi connectivity index (χ1n) is 13.6. The summed E-state index contributed by atoms with van der Waals surface area (Å²) in [5, 5.41) is 0. The van der Waals surface area contributed by atoms with Crippen molar-refractivity contribution in [3.05, 3.63) is 152 Å². The van der Waals surface area contributed by atoms with Gasteiger partial charge in [-0.2, -0.15) is 0 Å². The third-order valence-corrected chi connectivity index (χ3v) is 7.84. The third kappa shape index (κ3) is 3.38. The number of para-hydroxylation sites is 5. The van der Waals surface area contributed by atoms with Gasteiger partial charge in [-0.05, 0) is 47.5 Å². The molecule has 0 saturated carbocycles. The van der Waals surface area contributed by atoms with Crippen LogP contribution in [-0.2, 0) is 0 Å². The number of anilines is 6. The molecule has 0 saturated heterocycles. The molecule has 3 heterocycles. The molecule has 8 rings (SSSR count). The third-order valence-electron chi connectivity index (χ3n) is 7.84. The van der Waals surface area contributed by atoms with Crippen LogP contribution >= 0.6 is 0 Å². The van der Waals surface area contributed by atoms with E-state index < -0.39 is 0 Å². The number of benzene rings is 5. The Morgan fingerprint density at radius 1 is 0.400 bits per heavy atom. The van der Waals surface area contributed by atoms with E-state index in [9.17, 15) is 0 Å². The van der Waals surface area contributed by atoms with E-state index in [1.165, 1.54) is 45.0 Å². The molecule has 0 radical (unpaired) electrons. The van der Waals surface area contributed by atoms with Gasteiger partial charge in [0.25, 0.3) is 0 Å². The van der Waals surface area contributed by atoms with Gasteiger partial charge in [0.05, 0.1) is 22.7 Å². The van der Waals surface area contributed by atoms with E-state index in [2.05, 4.69) is 154 Å². The Kier molecular flexibility index (Phi) is 5.20. The molecule has 0 aliphatic carbocycles. The standard InChI is InChI=1S/C35H25BN4/c1-3-14-26(15-4-1)28-18-13-19-29(27-16-5-2-6-17-27)35(28)40-33-23-10-8-21-31(33)38-30-20-7-9-22-32(30)39(36(38)40)34-24-11-12-25-37-34/h1-25H. The van der Waals surface area contributed by atoms with E-state index in [1.807, 2.05) is 12.3 Å². The lowest BCUT2D eigenvalue weighted by atomic mass is 9.83. The number of fused-ring (bicyclic) bond motifs is 5. The van der Waals surface area contributed by atoms with E-state index in [1.54, 1.807) is 0 Å². The zero-order valence-electron chi connectivity index (χ0n) is 21.8. The van der Waals surface area contributed by atoms with Crippen molar-refractivity contribution in [3.63, 3.8) is 0 Å². The maximum Gasteiger partial charge on any atom is 0.520 e. The highest BCUT2D eigenvalue weighted by Crippen LogP contribution is 2.57. The van der Waals surface area contributed by atoms with Crippen LogP contribution in [-0.4, -0.2) is 12.1 Å². The fourth-order valence-corrected chi connectivity index (χ4v) is 6.20. The second-order valence-corrected chi connectivity index (χ2v) is 10.1. The van der Waals surface area contributed by atoms with E-state index in [0.29, 0.717) is 0 Å². The molecule has 5 heteroatoms. The van der Waals surface area contributed by atoms with Crippen molar-refractivity contribution >= 4 is 41.4 Å². The molecule has 2 aliphatic rings. The lowest BCUT2D eigenvalue weighted by molar-refractivity contribution is 1.22. The molecular formula is C35H25BN4. The second kappa shape index (κ2) is 9.17. The Morgan fingerprint density at radius 3 is 1.40 bits per heavy atom. The molecule has 5 aromatic carbocycles. The zero-order valence-corrected chi connectivity index (χ0v) is 21.8. The first-order valence-corrected chi connectivity index (χ1v) is 13.6. The molecule has 6 aromatic rings. The fourth-order valence-electron chi connectivity index (χ4n) is 6.20. The molecule has 4 nitrogen and oxygen atoms in total. The van der Waals surface area contributed by atoms with Gasteiger partial charge < -0.3 is 14.4 Å². The summed E-state index contributed by atoms with van der Waals surface area (Å²) in [7, 11) is -0.169. The predicted molar refractivity (Wildman–Crippen MR) is 167 cm³/mol. The molecular weight excluding hydrogens is 487 g/mol. The molecule has 0 N–H and O–H groups in total. The van der Waals surface area contributed by atoms with Gasteiger partial charge in [-0.3, -0.25) is 0 Å². The highest BCUT2D eigenvalue weighted by molar-refractivity contribution is 6.80. The number of hydrogen-bond acceptors (Lipinski definition) is 4. The maximum atomic E-state index is 4.84. The van der Waals surface area contributed by atoms with Gasteiger partial charge in [0, 0.05) is 23.0 Å². The monoisotopic (exact) mass is 512 g/mol. The molecule has 1 aromatic heterocycles. The van der Waals surface area contributed by atoms with E-state index in [4.69, 9.17) is 4.98 Å². The molecule has 0 atom stereocenters. The van der Waals surface area contributed by atoms with Crippen LogP contribution < -0.4 is 14.4 Å². The van der Waals surface area contributed by atoms with Crippen LogP contribution in [0.15, 0.2) is 152 Å². The van der Waals surface area contributed by atoms with Crippen molar-refractivity contribution in [1.82, 2.24) is 4.98 Å². The topological polar surface area (TPSA) is 22.6 Å². The SMILES string of the molecule is c1ccc(-c2cccc(-c3ccccc3)c2N2B3N(c4ccccn4)c4ccccc4N3c3ccccc32)cc1. The van der Waals surface area contributed by atoms with Crippen LogP contribution in [0.4, 0.5) is 34.3 Å². The van der Waals surface area contributed by atoms with Gasteiger partial charge in [-0.15, -0.1) is 0 Å². The van der Waals surface area contributed by atoms with E-state index in [0.717, 1.165) is 11.5 Å². The lowest BCUT2D eigenvalue weighted by Crippen LogP contribution is -2.52. The van der Waals surface area contributed by atoms with Crippen LogP contribution in [0.2, 0.25) is 0 Å². The molecule has 188 valence electrons. The van der Waals surface area contributed by atoms with Gasteiger partial charge in [0.15, 0.2) is 0 Å². The van der Waals surface area contributed by atoms with Gasteiger partial charge in [0.1, 0.15) is 5.82 Å². The summed E-state index contributed by atoms with van der Waals surface area (Å²) in [6.07, 6.45) is 1.88. The molecule has 0 fully saturated rings. The Labute approximate surface area is 234 Å². The Balaban J connectivity index is 1.45. The summed E-state index contributed by atoms with van der Waals surface area (Å²) in [4.78, 5) is 12.2. The van der Waals surface area contributed by atoms with Gasteiger partial charge in [-0.1, -0.05) is 109 Å². The minimum atomic E-state index is -0.169. The minimum Gasteiger partial charge on any atom is -0.342 e. The fraction of sp³-hybridized carbons (Fsp3) is 0. The zero-order chi connectivity index (χ0) is 26.5.